The summed E-state index contributed by atoms with van der Waals surface area (Å²) in [6.45, 7) is 7.28. The highest BCUT2D eigenvalue weighted by Crippen LogP contribution is 2.19. The minimum absolute atomic E-state index is 0.117. The van der Waals surface area contributed by atoms with Crippen LogP contribution >= 0.6 is 11.6 Å². The Morgan fingerprint density at radius 1 is 1.77 bits per heavy atom. The second-order valence-electron chi connectivity index (χ2n) is 2.95. The van der Waals surface area contributed by atoms with Gasteiger partial charge in [0.25, 0.3) is 0 Å². The van der Waals surface area contributed by atoms with Crippen molar-refractivity contribution in [1.29, 1.82) is 0 Å². The van der Waals surface area contributed by atoms with E-state index in [1.807, 2.05) is 13.8 Å². The minimum atomic E-state index is -0.198. The Kier molecular flexibility index (Phi) is 2.88. The normalized spacial score (nSPS) is 10.5. The zero-order chi connectivity index (χ0) is 10.0. The Bertz CT molecular complexity index is 341. The van der Waals surface area contributed by atoms with E-state index in [9.17, 15) is 4.79 Å². The van der Waals surface area contributed by atoms with Gasteiger partial charge in [-0.3, -0.25) is 9.48 Å². The summed E-state index contributed by atoms with van der Waals surface area (Å²) in [5, 5.41) is 4.37. The number of carbonyl (C=O) groups excluding carboxylic acids is 1. The van der Waals surface area contributed by atoms with Crippen molar-refractivity contribution in [1.82, 2.24) is 9.78 Å². The summed E-state index contributed by atoms with van der Waals surface area (Å²) in [6, 6.07) is 0.117. The first kappa shape index (κ1) is 9.99. The first-order valence-electron chi connectivity index (χ1n) is 3.97. The summed E-state index contributed by atoms with van der Waals surface area (Å²) in [7, 11) is 0. The lowest BCUT2D eigenvalue weighted by molar-refractivity contribution is 0.103. The fourth-order valence-electron chi connectivity index (χ4n) is 1.06. The molecule has 0 aromatic carbocycles. The van der Waals surface area contributed by atoms with Crippen LogP contribution in [-0.4, -0.2) is 15.6 Å². The van der Waals surface area contributed by atoms with Crippen LogP contribution in [0.1, 0.15) is 30.4 Å². The van der Waals surface area contributed by atoms with Gasteiger partial charge in [0, 0.05) is 6.04 Å². The number of hydrogen-bond acceptors (Lipinski definition) is 2. The highest BCUT2D eigenvalue weighted by atomic mass is 35.5. The molecule has 0 unspecified atom stereocenters. The molecule has 1 aromatic heterocycles. The molecule has 0 amide bonds. The Hall–Kier alpha value is -1.09. The summed E-state index contributed by atoms with van der Waals surface area (Å²) < 4.78 is 1.59. The molecule has 3 nitrogen and oxygen atoms in total. The molecule has 0 N–H and O–H groups in total. The standard InChI is InChI=1S/C9H11ClN2O/c1-4-8(13)9-7(10)5-11-12(9)6(2)3/h4-6H,1H2,2-3H3. The zero-order valence-electron chi connectivity index (χ0n) is 7.62. The molecule has 0 atom stereocenters. The van der Waals surface area contributed by atoms with Gasteiger partial charge in [0.2, 0.25) is 5.78 Å². The van der Waals surface area contributed by atoms with E-state index >= 15 is 0 Å². The predicted molar refractivity (Wildman–Crippen MR) is 52.1 cm³/mol. The second kappa shape index (κ2) is 3.75. The molecular weight excluding hydrogens is 188 g/mol. The molecule has 0 saturated heterocycles. The van der Waals surface area contributed by atoms with Crippen LogP contribution in [0.2, 0.25) is 5.02 Å². The molecular formula is C9H11ClN2O. The van der Waals surface area contributed by atoms with Gasteiger partial charge in [-0.1, -0.05) is 18.2 Å². The summed E-state index contributed by atoms with van der Waals surface area (Å²) in [5.41, 5.74) is 0.409. The number of nitrogens with zero attached hydrogens (tertiary/aromatic N) is 2. The van der Waals surface area contributed by atoms with Crippen molar-refractivity contribution < 1.29 is 4.79 Å². The minimum Gasteiger partial charge on any atom is -0.288 e. The van der Waals surface area contributed by atoms with Gasteiger partial charge in [0.15, 0.2) is 0 Å². The third kappa shape index (κ3) is 1.80. The molecule has 0 saturated carbocycles. The molecule has 0 aliphatic heterocycles. The van der Waals surface area contributed by atoms with E-state index in [1.54, 1.807) is 4.68 Å². The van der Waals surface area contributed by atoms with Crippen molar-refractivity contribution in [2.45, 2.75) is 19.9 Å². The van der Waals surface area contributed by atoms with Crippen molar-refractivity contribution >= 4 is 17.4 Å². The van der Waals surface area contributed by atoms with Crippen LogP contribution < -0.4 is 0 Å². The van der Waals surface area contributed by atoms with E-state index in [-0.39, 0.29) is 11.8 Å². The average Bonchev–Trinajstić information content (AvgIpc) is 2.46. The molecule has 0 spiro atoms. The number of carbonyl (C=O) groups is 1. The maximum atomic E-state index is 11.4. The lowest BCUT2D eigenvalue weighted by atomic mass is 10.2. The van der Waals surface area contributed by atoms with Gasteiger partial charge in [-0.25, -0.2) is 0 Å². The van der Waals surface area contributed by atoms with E-state index in [0.29, 0.717) is 10.7 Å². The van der Waals surface area contributed by atoms with Crippen LogP contribution in [0.5, 0.6) is 0 Å². The predicted octanol–water partition coefficient (Wildman–Crippen LogP) is 2.49. The highest BCUT2D eigenvalue weighted by Gasteiger charge is 2.16. The van der Waals surface area contributed by atoms with E-state index in [2.05, 4.69) is 11.7 Å². The summed E-state index contributed by atoms with van der Waals surface area (Å²) in [6.07, 6.45) is 2.71. The Balaban J connectivity index is 3.23. The number of halogens is 1. The maximum absolute atomic E-state index is 11.4. The van der Waals surface area contributed by atoms with Crippen molar-refractivity contribution in [2.75, 3.05) is 0 Å². The quantitative estimate of drug-likeness (QED) is 0.553. The molecule has 0 bridgehead atoms. The van der Waals surface area contributed by atoms with Gasteiger partial charge in [0.1, 0.15) is 5.69 Å². The summed E-state index contributed by atoms with van der Waals surface area (Å²) in [5.74, 6) is -0.198. The average molecular weight is 199 g/mol. The molecule has 0 aliphatic rings. The van der Waals surface area contributed by atoms with Crippen molar-refractivity contribution in [2.24, 2.45) is 0 Å². The molecule has 4 heteroatoms. The first-order chi connectivity index (χ1) is 6.07. The number of rotatable bonds is 3. The van der Waals surface area contributed by atoms with Gasteiger partial charge in [-0.05, 0) is 19.9 Å². The van der Waals surface area contributed by atoms with Gasteiger partial charge < -0.3 is 0 Å². The molecule has 0 aliphatic carbocycles. The fourth-order valence-corrected chi connectivity index (χ4v) is 1.28. The molecule has 1 rings (SSSR count). The van der Waals surface area contributed by atoms with Crippen molar-refractivity contribution in [3.63, 3.8) is 0 Å². The Morgan fingerprint density at radius 2 is 2.38 bits per heavy atom. The number of ketones is 1. The van der Waals surface area contributed by atoms with E-state index < -0.39 is 0 Å². The SMILES string of the molecule is C=CC(=O)c1c(Cl)cnn1C(C)C. The lowest BCUT2D eigenvalue weighted by Crippen LogP contribution is -2.11. The largest absolute Gasteiger partial charge is 0.288 e. The number of allylic oxidation sites excluding steroid dienone is 1. The van der Waals surface area contributed by atoms with Crippen LogP contribution in [-0.2, 0) is 0 Å². The highest BCUT2D eigenvalue weighted by molar-refractivity contribution is 6.34. The van der Waals surface area contributed by atoms with Crippen LogP contribution in [0.25, 0.3) is 0 Å². The Morgan fingerprint density at radius 3 is 2.85 bits per heavy atom. The zero-order valence-corrected chi connectivity index (χ0v) is 8.38. The van der Waals surface area contributed by atoms with Gasteiger partial charge >= 0.3 is 0 Å². The molecule has 0 fully saturated rings. The number of hydrogen-bond donors (Lipinski definition) is 0. The van der Waals surface area contributed by atoms with Gasteiger partial charge in [0.05, 0.1) is 11.2 Å². The lowest BCUT2D eigenvalue weighted by Gasteiger charge is -2.08. The van der Waals surface area contributed by atoms with Crippen LogP contribution in [0.3, 0.4) is 0 Å². The molecule has 70 valence electrons. The second-order valence-corrected chi connectivity index (χ2v) is 3.36. The molecule has 1 aromatic rings. The van der Waals surface area contributed by atoms with Crippen molar-refractivity contribution in [3.05, 3.63) is 29.6 Å². The van der Waals surface area contributed by atoms with Crippen molar-refractivity contribution in [3.8, 4) is 0 Å². The number of aromatic nitrogens is 2. The molecule has 1 heterocycles. The van der Waals surface area contributed by atoms with Crippen LogP contribution in [0.4, 0.5) is 0 Å². The summed E-state index contributed by atoms with van der Waals surface area (Å²) >= 11 is 5.81. The third-order valence-corrected chi connectivity index (χ3v) is 1.94. The van der Waals surface area contributed by atoms with Gasteiger partial charge in [-0.2, -0.15) is 5.10 Å². The smallest absolute Gasteiger partial charge is 0.204 e. The van der Waals surface area contributed by atoms with Gasteiger partial charge in [-0.15, -0.1) is 0 Å². The molecule has 13 heavy (non-hydrogen) atoms. The monoisotopic (exact) mass is 198 g/mol. The Labute approximate surface area is 82.0 Å². The van der Waals surface area contributed by atoms with E-state index in [4.69, 9.17) is 11.6 Å². The topological polar surface area (TPSA) is 34.9 Å². The maximum Gasteiger partial charge on any atom is 0.204 e. The van der Waals surface area contributed by atoms with Crippen LogP contribution in [0, 0.1) is 0 Å². The molecule has 0 radical (unpaired) electrons. The van der Waals surface area contributed by atoms with E-state index in [0.717, 1.165) is 0 Å². The van der Waals surface area contributed by atoms with Crippen LogP contribution in [0.15, 0.2) is 18.9 Å². The first-order valence-corrected chi connectivity index (χ1v) is 4.35. The van der Waals surface area contributed by atoms with E-state index in [1.165, 1.54) is 12.3 Å². The third-order valence-electron chi connectivity index (χ3n) is 1.66. The fraction of sp³-hybridized carbons (Fsp3) is 0.333. The summed E-state index contributed by atoms with van der Waals surface area (Å²) in [4.78, 5) is 11.4.